The van der Waals surface area contributed by atoms with Gasteiger partial charge in [0, 0.05) is 28.6 Å². The summed E-state index contributed by atoms with van der Waals surface area (Å²) in [6, 6.07) is 7.56. The van der Waals surface area contributed by atoms with Crippen molar-refractivity contribution >= 4 is 45.0 Å². The summed E-state index contributed by atoms with van der Waals surface area (Å²) < 4.78 is 7.51. The van der Waals surface area contributed by atoms with Crippen molar-refractivity contribution in [2.24, 2.45) is 0 Å². The maximum Gasteiger partial charge on any atom is 0.222 e. The molecule has 10 heteroatoms. The number of aliphatic hydroxyl groups excluding tert-OH is 1. The predicted octanol–water partition coefficient (Wildman–Crippen LogP) is 3.07. The molecule has 0 aliphatic carbocycles. The number of nitrogen functional groups attached to an aromatic ring is 2. The van der Waals surface area contributed by atoms with E-state index in [2.05, 4.69) is 15.0 Å². The van der Waals surface area contributed by atoms with Gasteiger partial charge in [-0.25, -0.2) is 15.0 Å². The number of anilines is 2. The van der Waals surface area contributed by atoms with Gasteiger partial charge in [-0.3, -0.25) is 4.57 Å². The second-order valence-electron chi connectivity index (χ2n) is 7.04. The molecular formula is C21H19N7O2S. The zero-order chi connectivity index (χ0) is 21.7. The van der Waals surface area contributed by atoms with Crippen LogP contribution in [0.2, 0.25) is 0 Å². The molecule has 0 spiro atoms. The van der Waals surface area contributed by atoms with Crippen molar-refractivity contribution in [2.75, 3.05) is 18.6 Å². The average molecular weight is 433 g/mol. The van der Waals surface area contributed by atoms with Gasteiger partial charge in [0.05, 0.1) is 36.0 Å². The minimum Gasteiger partial charge on any atom is -0.496 e. The molecule has 0 aliphatic rings. The lowest BCUT2D eigenvalue weighted by Gasteiger charge is -2.14. The number of hydrogen-bond donors (Lipinski definition) is 3. The molecule has 0 bridgehead atoms. The van der Waals surface area contributed by atoms with E-state index in [1.54, 1.807) is 13.3 Å². The first-order chi connectivity index (χ1) is 15.0. The quantitative estimate of drug-likeness (QED) is 0.393. The number of fused-ring (bicyclic) bond motifs is 2. The van der Waals surface area contributed by atoms with Crippen molar-refractivity contribution < 1.29 is 9.84 Å². The fourth-order valence-corrected chi connectivity index (χ4v) is 4.35. The molecule has 0 unspecified atom stereocenters. The molecule has 3 aromatic heterocycles. The highest BCUT2D eigenvalue weighted by Crippen LogP contribution is 2.36. The van der Waals surface area contributed by atoms with Crippen LogP contribution in [-0.2, 0) is 6.61 Å². The van der Waals surface area contributed by atoms with Gasteiger partial charge in [-0.2, -0.15) is 4.98 Å². The van der Waals surface area contributed by atoms with Crippen LogP contribution in [0.5, 0.6) is 5.75 Å². The number of hydrogen-bond acceptors (Lipinski definition) is 9. The van der Waals surface area contributed by atoms with Crippen LogP contribution in [0.1, 0.15) is 11.1 Å². The molecule has 0 amide bonds. The van der Waals surface area contributed by atoms with E-state index in [4.69, 9.17) is 21.2 Å². The van der Waals surface area contributed by atoms with E-state index in [0.29, 0.717) is 28.5 Å². The zero-order valence-electron chi connectivity index (χ0n) is 16.8. The Bertz CT molecular complexity index is 1440. The third-order valence-corrected chi connectivity index (χ3v) is 5.92. The molecule has 0 saturated carbocycles. The van der Waals surface area contributed by atoms with Crippen LogP contribution in [0.4, 0.5) is 11.8 Å². The Balaban J connectivity index is 1.89. The molecular weight excluding hydrogens is 414 g/mol. The monoisotopic (exact) mass is 433 g/mol. The van der Waals surface area contributed by atoms with Gasteiger partial charge in [-0.1, -0.05) is 0 Å². The fourth-order valence-electron chi connectivity index (χ4n) is 3.74. The Morgan fingerprint density at radius 1 is 1.10 bits per heavy atom. The lowest BCUT2D eigenvalue weighted by atomic mass is 10.1. The van der Waals surface area contributed by atoms with Gasteiger partial charge in [0.15, 0.2) is 10.8 Å². The van der Waals surface area contributed by atoms with Gasteiger partial charge < -0.3 is 21.3 Å². The van der Waals surface area contributed by atoms with Crippen molar-refractivity contribution in [3.8, 4) is 22.3 Å². The molecule has 0 aliphatic heterocycles. The number of aliphatic hydroxyl groups is 1. The van der Waals surface area contributed by atoms with E-state index >= 15 is 0 Å². The van der Waals surface area contributed by atoms with Gasteiger partial charge in [0.25, 0.3) is 0 Å². The van der Waals surface area contributed by atoms with Crippen molar-refractivity contribution in [1.82, 2.24) is 24.5 Å². The lowest BCUT2D eigenvalue weighted by molar-refractivity contribution is 0.274. The minimum atomic E-state index is -0.150. The van der Waals surface area contributed by atoms with E-state index in [9.17, 15) is 5.11 Å². The molecule has 31 heavy (non-hydrogen) atoms. The summed E-state index contributed by atoms with van der Waals surface area (Å²) in [5.74, 6) is 1.71. The van der Waals surface area contributed by atoms with Gasteiger partial charge in [-0.15, -0.1) is 11.3 Å². The highest BCUT2D eigenvalue weighted by Gasteiger charge is 2.20. The zero-order valence-corrected chi connectivity index (χ0v) is 17.6. The number of imidazole rings is 1. The van der Waals surface area contributed by atoms with Gasteiger partial charge in [-0.05, 0) is 30.7 Å². The molecule has 5 N–H and O–H groups in total. The Morgan fingerprint density at radius 3 is 2.65 bits per heavy atom. The van der Waals surface area contributed by atoms with E-state index in [-0.39, 0.29) is 12.6 Å². The Hall–Kier alpha value is -3.76. The highest BCUT2D eigenvalue weighted by molar-refractivity contribution is 7.13. The first-order valence-corrected chi connectivity index (χ1v) is 10.3. The number of nitrogens with two attached hydrogens (primary N) is 2. The molecule has 5 rings (SSSR count). The Morgan fingerprint density at radius 2 is 1.94 bits per heavy atom. The maximum atomic E-state index is 9.74. The number of aryl methyl sites for hydroxylation is 1. The molecule has 0 radical (unpaired) electrons. The van der Waals surface area contributed by atoms with Gasteiger partial charge in [0.2, 0.25) is 5.95 Å². The molecule has 2 aromatic carbocycles. The largest absolute Gasteiger partial charge is 0.496 e. The number of thiazole rings is 1. The maximum absolute atomic E-state index is 9.74. The van der Waals surface area contributed by atoms with Crippen LogP contribution in [0.25, 0.3) is 38.5 Å². The standard InChI is InChI=1S/C21H19N7O2S/c1-10-5-12-13(26-21(23)27-18(12)22)7-15(10)28-16-8-17(30-2)11(9-29)6-14(16)25-19(28)20-24-3-4-31-20/h3-8,29H,9H2,1-2H3,(H4,22,23,26,27). The second-order valence-corrected chi connectivity index (χ2v) is 7.94. The summed E-state index contributed by atoms with van der Waals surface area (Å²) in [6.45, 7) is 1.84. The Kier molecular flexibility index (Phi) is 4.45. The molecule has 0 saturated heterocycles. The van der Waals surface area contributed by atoms with Crippen LogP contribution in [0, 0.1) is 6.92 Å². The third kappa shape index (κ3) is 3.04. The van der Waals surface area contributed by atoms with E-state index in [0.717, 1.165) is 32.7 Å². The first-order valence-electron chi connectivity index (χ1n) is 9.44. The predicted molar refractivity (Wildman–Crippen MR) is 121 cm³/mol. The van der Waals surface area contributed by atoms with Crippen LogP contribution >= 0.6 is 11.3 Å². The fraction of sp³-hybridized carbons (Fsp3) is 0.143. The number of rotatable bonds is 4. The number of benzene rings is 2. The summed E-state index contributed by atoms with van der Waals surface area (Å²) >= 11 is 1.49. The van der Waals surface area contributed by atoms with E-state index < -0.39 is 0 Å². The van der Waals surface area contributed by atoms with Crippen LogP contribution in [0.15, 0.2) is 35.8 Å². The number of methoxy groups -OCH3 is 1. The van der Waals surface area contributed by atoms with E-state index in [1.807, 2.05) is 41.1 Å². The highest BCUT2D eigenvalue weighted by atomic mass is 32.1. The lowest BCUT2D eigenvalue weighted by Crippen LogP contribution is -2.04. The summed E-state index contributed by atoms with van der Waals surface area (Å²) in [5.41, 5.74) is 16.5. The van der Waals surface area contributed by atoms with Crippen molar-refractivity contribution in [2.45, 2.75) is 13.5 Å². The van der Waals surface area contributed by atoms with Crippen LogP contribution < -0.4 is 16.2 Å². The Labute approximate surface area is 181 Å². The molecule has 5 aromatic rings. The first kappa shape index (κ1) is 19.2. The summed E-state index contributed by atoms with van der Waals surface area (Å²) in [7, 11) is 1.58. The average Bonchev–Trinajstić information content (AvgIpc) is 3.40. The SMILES string of the molecule is COc1cc2c(cc1CO)nc(-c1nccs1)n2-c1cc2nc(N)nc(N)c2cc1C. The molecule has 0 atom stereocenters. The number of ether oxygens (including phenoxy) is 1. The second kappa shape index (κ2) is 7.18. The van der Waals surface area contributed by atoms with Crippen molar-refractivity contribution in [3.63, 3.8) is 0 Å². The van der Waals surface area contributed by atoms with Gasteiger partial charge >= 0.3 is 0 Å². The van der Waals surface area contributed by atoms with Crippen molar-refractivity contribution in [1.29, 1.82) is 0 Å². The van der Waals surface area contributed by atoms with Crippen LogP contribution in [-0.4, -0.2) is 36.7 Å². The van der Waals surface area contributed by atoms with E-state index in [1.165, 1.54) is 11.3 Å². The number of nitrogens with zero attached hydrogens (tertiary/aromatic N) is 5. The summed E-state index contributed by atoms with van der Waals surface area (Å²) in [5, 5.41) is 13.1. The molecule has 9 nitrogen and oxygen atoms in total. The van der Waals surface area contributed by atoms with Crippen molar-refractivity contribution in [3.05, 3.63) is 47.0 Å². The number of aromatic nitrogens is 5. The minimum absolute atomic E-state index is 0.115. The molecule has 3 heterocycles. The summed E-state index contributed by atoms with van der Waals surface area (Å²) in [6.07, 6.45) is 1.74. The normalized spacial score (nSPS) is 11.5. The summed E-state index contributed by atoms with van der Waals surface area (Å²) in [4.78, 5) is 17.7. The van der Waals surface area contributed by atoms with Gasteiger partial charge in [0.1, 0.15) is 11.6 Å². The smallest absolute Gasteiger partial charge is 0.222 e. The molecule has 0 fully saturated rings. The van der Waals surface area contributed by atoms with Crippen LogP contribution in [0.3, 0.4) is 0 Å². The molecule has 156 valence electrons. The topological polar surface area (TPSA) is 138 Å². The third-order valence-electron chi connectivity index (χ3n) is 5.15.